The summed E-state index contributed by atoms with van der Waals surface area (Å²) in [5, 5.41) is 17.1. The average Bonchev–Trinajstić information content (AvgIpc) is 3.33. The number of hydrogen-bond acceptors (Lipinski definition) is 7. The molecular formula is C16H23N7O. The molecule has 8 nitrogen and oxygen atoms in total. The molecule has 2 aromatic rings. The SMILES string of the molecule is CCc1nc(CN(C)[C@H]2CCN(CCn3cc(C#N)cn3)C2)no1. The maximum absolute atomic E-state index is 8.83. The van der Waals surface area contributed by atoms with Gasteiger partial charge in [0.1, 0.15) is 6.07 Å². The molecular weight excluding hydrogens is 306 g/mol. The monoisotopic (exact) mass is 329 g/mol. The lowest BCUT2D eigenvalue weighted by Crippen LogP contribution is -2.35. The highest BCUT2D eigenvalue weighted by atomic mass is 16.5. The van der Waals surface area contributed by atoms with Crippen LogP contribution < -0.4 is 0 Å². The van der Waals surface area contributed by atoms with Gasteiger partial charge in [-0.2, -0.15) is 15.3 Å². The number of likely N-dealkylation sites (N-methyl/N-ethyl adjacent to an activating group) is 1. The van der Waals surface area contributed by atoms with Crippen LogP contribution in [0, 0.1) is 11.3 Å². The molecule has 0 spiro atoms. The van der Waals surface area contributed by atoms with Gasteiger partial charge in [0, 0.05) is 31.7 Å². The van der Waals surface area contributed by atoms with Crippen LogP contribution in [0.5, 0.6) is 0 Å². The van der Waals surface area contributed by atoms with Crippen molar-refractivity contribution in [3.8, 4) is 6.07 Å². The van der Waals surface area contributed by atoms with Crippen molar-refractivity contribution in [2.75, 3.05) is 26.7 Å². The van der Waals surface area contributed by atoms with Gasteiger partial charge in [-0.3, -0.25) is 14.5 Å². The van der Waals surface area contributed by atoms with Crippen molar-refractivity contribution in [1.82, 2.24) is 29.7 Å². The van der Waals surface area contributed by atoms with E-state index in [0.717, 1.165) is 44.8 Å². The molecule has 0 unspecified atom stereocenters. The number of rotatable bonds is 7. The minimum atomic E-state index is 0.501. The van der Waals surface area contributed by atoms with Crippen LogP contribution in [0.25, 0.3) is 0 Å². The fourth-order valence-corrected chi connectivity index (χ4v) is 3.01. The summed E-state index contributed by atoms with van der Waals surface area (Å²) in [7, 11) is 2.11. The molecule has 1 atom stereocenters. The summed E-state index contributed by atoms with van der Waals surface area (Å²) in [6.45, 7) is 6.58. The van der Waals surface area contributed by atoms with Crippen molar-refractivity contribution in [1.29, 1.82) is 5.26 Å². The highest BCUT2D eigenvalue weighted by Gasteiger charge is 2.26. The van der Waals surface area contributed by atoms with Crippen molar-refractivity contribution in [2.45, 2.75) is 38.9 Å². The smallest absolute Gasteiger partial charge is 0.226 e. The number of hydrogen-bond donors (Lipinski definition) is 0. The van der Waals surface area contributed by atoms with Crippen LogP contribution in [0.2, 0.25) is 0 Å². The first-order valence-corrected chi connectivity index (χ1v) is 8.34. The number of nitriles is 1. The second-order valence-corrected chi connectivity index (χ2v) is 6.22. The van der Waals surface area contributed by atoms with Crippen molar-refractivity contribution >= 4 is 0 Å². The van der Waals surface area contributed by atoms with Gasteiger partial charge in [0.25, 0.3) is 0 Å². The van der Waals surface area contributed by atoms with E-state index < -0.39 is 0 Å². The Morgan fingerprint density at radius 1 is 1.46 bits per heavy atom. The molecule has 128 valence electrons. The Morgan fingerprint density at radius 2 is 2.33 bits per heavy atom. The molecule has 8 heteroatoms. The molecule has 24 heavy (non-hydrogen) atoms. The van der Waals surface area contributed by atoms with Gasteiger partial charge < -0.3 is 4.52 Å². The van der Waals surface area contributed by atoms with E-state index in [1.165, 1.54) is 0 Å². The maximum Gasteiger partial charge on any atom is 0.226 e. The van der Waals surface area contributed by atoms with Crippen LogP contribution in [-0.2, 0) is 19.5 Å². The molecule has 0 saturated carbocycles. The van der Waals surface area contributed by atoms with E-state index in [-0.39, 0.29) is 0 Å². The third kappa shape index (κ3) is 3.99. The first-order chi connectivity index (χ1) is 11.7. The lowest BCUT2D eigenvalue weighted by atomic mass is 10.2. The first-order valence-electron chi connectivity index (χ1n) is 8.34. The summed E-state index contributed by atoms with van der Waals surface area (Å²) in [4.78, 5) is 9.11. The van der Waals surface area contributed by atoms with E-state index in [0.29, 0.717) is 24.0 Å². The van der Waals surface area contributed by atoms with E-state index in [1.807, 2.05) is 11.6 Å². The predicted octanol–water partition coefficient (Wildman–Crippen LogP) is 0.906. The Labute approximate surface area is 141 Å². The second-order valence-electron chi connectivity index (χ2n) is 6.22. The molecule has 0 amide bonds. The highest BCUT2D eigenvalue weighted by molar-refractivity contribution is 5.21. The Kier molecular flexibility index (Phi) is 5.23. The molecule has 0 aliphatic carbocycles. The van der Waals surface area contributed by atoms with E-state index in [2.05, 4.69) is 38.2 Å². The number of aryl methyl sites for hydroxylation is 1. The Balaban J connectivity index is 1.45. The van der Waals surface area contributed by atoms with Crippen molar-refractivity contribution in [2.24, 2.45) is 0 Å². The van der Waals surface area contributed by atoms with Crippen molar-refractivity contribution in [3.05, 3.63) is 29.7 Å². The van der Waals surface area contributed by atoms with Crippen molar-refractivity contribution in [3.63, 3.8) is 0 Å². The minimum absolute atomic E-state index is 0.501. The standard InChI is InChI=1S/C16H23N7O/c1-3-16-19-15(20-24-16)12-21(2)14-4-5-22(11-14)6-7-23-10-13(8-17)9-18-23/h9-10,14H,3-7,11-12H2,1-2H3/t14-/m0/s1. The lowest BCUT2D eigenvalue weighted by Gasteiger charge is -2.23. The third-order valence-corrected chi connectivity index (χ3v) is 4.48. The quantitative estimate of drug-likeness (QED) is 0.746. The third-order valence-electron chi connectivity index (χ3n) is 4.48. The fraction of sp³-hybridized carbons (Fsp3) is 0.625. The van der Waals surface area contributed by atoms with Crippen LogP contribution in [0.4, 0.5) is 0 Å². The predicted molar refractivity (Wildman–Crippen MR) is 86.9 cm³/mol. The van der Waals surface area contributed by atoms with Gasteiger partial charge in [-0.25, -0.2) is 0 Å². The summed E-state index contributed by atoms with van der Waals surface area (Å²) in [6, 6.07) is 2.60. The molecule has 0 aromatic carbocycles. The summed E-state index contributed by atoms with van der Waals surface area (Å²) < 4.78 is 7.00. The molecule has 0 bridgehead atoms. The van der Waals surface area contributed by atoms with E-state index in [1.54, 1.807) is 12.4 Å². The Bertz CT molecular complexity index is 701. The molecule has 3 heterocycles. The lowest BCUT2D eigenvalue weighted by molar-refractivity contribution is 0.215. The largest absolute Gasteiger partial charge is 0.339 e. The van der Waals surface area contributed by atoms with Crippen LogP contribution in [0.15, 0.2) is 16.9 Å². The average molecular weight is 329 g/mol. The molecule has 0 N–H and O–H groups in total. The summed E-state index contributed by atoms with van der Waals surface area (Å²) in [5.41, 5.74) is 0.612. The van der Waals surface area contributed by atoms with Gasteiger partial charge in [0.05, 0.1) is 24.8 Å². The van der Waals surface area contributed by atoms with Gasteiger partial charge in [-0.15, -0.1) is 0 Å². The molecule has 0 radical (unpaired) electrons. The van der Waals surface area contributed by atoms with Gasteiger partial charge in [-0.1, -0.05) is 12.1 Å². The maximum atomic E-state index is 8.83. The summed E-state index contributed by atoms with van der Waals surface area (Å²) in [5.74, 6) is 1.45. The minimum Gasteiger partial charge on any atom is -0.339 e. The molecule has 1 aliphatic rings. The second kappa shape index (κ2) is 7.55. The van der Waals surface area contributed by atoms with Gasteiger partial charge in [0.2, 0.25) is 5.89 Å². The molecule has 1 fully saturated rings. The number of aromatic nitrogens is 4. The molecule has 1 aliphatic heterocycles. The van der Waals surface area contributed by atoms with E-state index in [9.17, 15) is 0 Å². The normalized spacial score (nSPS) is 18.3. The summed E-state index contributed by atoms with van der Waals surface area (Å²) in [6.07, 6.45) is 5.31. The van der Waals surface area contributed by atoms with Crippen LogP contribution >= 0.6 is 0 Å². The highest BCUT2D eigenvalue weighted by Crippen LogP contribution is 2.16. The fourth-order valence-electron chi connectivity index (χ4n) is 3.01. The zero-order chi connectivity index (χ0) is 16.9. The molecule has 1 saturated heterocycles. The molecule has 3 rings (SSSR count). The number of likely N-dealkylation sites (tertiary alicyclic amines) is 1. The van der Waals surface area contributed by atoms with Gasteiger partial charge >= 0.3 is 0 Å². The molecule has 2 aromatic heterocycles. The topological polar surface area (TPSA) is 87.0 Å². The van der Waals surface area contributed by atoms with Gasteiger partial charge in [-0.05, 0) is 20.0 Å². The van der Waals surface area contributed by atoms with E-state index in [4.69, 9.17) is 9.78 Å². The first kappa shape index (κ1) is 16.6. The Hall–Kier alpha value is -2.24. The number of nitrogens with zero attached hydrogens (tertiary/aromatic N) is 7. The van der Waals surface area contributed by atoms with E-state index >= 15 is 0 Å². The van der Waals surface area contributed by atoms with Crippen LogP contribution in [0.3, 0.4) is 0 Å². The zero-order valence-corrected chi connectivity index (χ0v) is 14.2. The van der Waals surface area contributed by atoms with Crippen molar-refractivity contribution < 1.29 is 4.52 Å². The van der Waals surface area contributed by atoms with Crippen LogP contribution in [0.1, 0.15) is 30.6 Å². The zero-order valence-electron chi connectivity index (χ0n) is 14.2. The Morgan fingerprint density at radius 3 is 3.04 bits per heavy atom. The van der Waals surface area contributed by atoms with Crippen LogP contribution in [-0.4, -0.2) is 62.4 Å². The summed E-state index contributed by atoms with van der Waals surface area (Å²) >= 11 is 0. The van der Waals surface area contributed by atoms with Gasteiger partial charge in [0.15, 0.2) is 5.82 Å².